The average Bonchev–Trinajstić information content (AvgIpc) is 3.04. The van der Waals surface area contributed by atoms with Crippen LogP contribution < -0.4 is 5.32 Å². The number of carbonyl (C=O) groups excluding carboxylic acids is 1. The molecule has 1 aromatic heterocycles. The molecule has 120 valence electrons. The first-order valence-electron chi connectivity index (χ1n) is 6.69. The molecular weight excluding hydrogens is 396 g/mol. The Labute approximate surface area is 148 Å². The van der Waals surface area contributed by atoms with Gasteiger partial charge in [0.2, 0.25) is 5.13 Å². The number of hydrogen-bond donors (Lipinski definition) is 1. The maximum atomic E-state index is 12.2. The lowest BCUT2D eigenvalue weighted by molar-refractivity contribution is -0.384. The molecule has 0 saturated carbocycles. The van der Waals surface area contributed by atoms with Crippen LogP contribution in [0.25, 0.3) is 10.6 Å². The maximum absolute atomic E-state index is 12.2. The predicted octanol–water partition coefficient (Wildman–Crippen LogP) is 4.13. The van der Waals surface area contributed by atoms with Crippen LogP contribution in [0.5, 0.6) is 0 Å². The van der Waals surface area contributed by atoms with E-state index in [9.17, 15) is 14.9 Å². The number of hydrogen-bond acceptors (Lipinski definition) is 6. The number of halogens is 1. The van der Waals surface area contributed by atoms with Crippen molar-refractivity contribution >= 4 is 44.0 Å². The number of nitro benzene ring substituents is 1. The minimum absolute atomic E-state index is 0.0264. The highest BCUT2D eigenvalue weighted by molar-refractivity contribution is 9.10. The third-order valence-corrected chi connectivity index (χ3v) is 4.65. The van der Waals surface area contributed by atoms with E-state index in [4.69, 9.17) is 0 Å². The number of benzene rings is 2. The van der Waals surface area contributed by atoms with E-state index in [1.165, 1.54) is 12.1 Å². The smallest absolute Gasteiger partial charge is 0.270 e. The summed E-state index contributed by atoms with van der Waals surface area (Å²) >= 11 is 4.46. The van der Waals surface area contributed by atoms with Gasteiger partial charge >= 0.3 is 0 Å². The van der Waals surface area contributed by atoms with Gasteiger partial charge in [-0.3, -0.25) is 20.2 Å². The second-order valence-electron chi connectivity index (χ2n) is 4.65. The molecule has 1 heterocycles. The second-order valence-corrected chi connectivity index (χ2v) is 6.49. The molecule has 1 amide bonds. The molecule has 0 radical (unpaired) electrons. The van der Waals surface area contributed by atoms with Gasteiger partial charge in [0.05, 0.1) is 10.5 Å². The monoisotopic (exact) mass is 404 g/mol. The van der Waals surface area contributed by atoms with Crippen molar-refractivity contribution in [2.45, 2.75) is 0 Å². The Morgan fingerprint density at radius 3 is 2.71 bits per heavy atom. The number of anilines is 1. The molecular formula is C15H9BrN4O3S. The number of rotatable bonds is 4. The van der Waals surface area contributed by atoms with Gasteiger partial charge in [-0.25, -0.2) is 0 Å². The van der Waals surface area contributed by atoms with E-state index in [0.29, 0.717) is 25.7 Å². The van der Waals surface area contributed by atoms with Gasteiger partial charge in [-0.2, -0.15) is 0 Å². The van der Waals surface area contributed by atoms with Crippen molar-refractivity contribution in [1.82, 2.24) is 10.2 Å². The van der Waals surface area contributed by atoms with Crippen molar-refractivity contribution in [2.24, 2.45) is 0 Å². The number of non-ortho nitro benzene ring substituents is 1. The number of nitro groups is 1. The van der Waals surface area contributed by atoms with Crippen molar-refractivity contribution in [2.75, 3.05) is 5.32 Å². The van der Waals surface area contributed by atoms with Gasteiger partial charge < -0.3 is 0 Å². The fraction of sp³-hybridized carbons (Fsp3) is 0. The van der Waals surface area contributed by atoms with Crippen LogP contribution in [-0.2, 0) is 0 Å². The molecule has 3 rings (SSSR count). The predicted molar refractivity (Wildman–Crippen MR) is 94.1 cm³/mol. The maximum Gasteiger partial charge on any atom is 0.270 e. The first-order valence-corrected chi connectivity index (χ1v) is 8.30. The molecule has 1 N–H and O–H groups in total. The minimum atomic E-state index is -0.472. The van der Waals surface area contributed by atoms with Gasteiger partial charge in [0, 0.05) is 22.2 Å². The Bertz CT molecular complexity index is 928. The molecule has 7 nitrogen and oxygen atoms in total. The quantitative estimate of drug-likeness (QED) is 0.520. The zero-order valence-corrected chi connectivity index (χ0v) is 14.4. The third-order valence-electron chi connectivity index (χ3n) is 3.07. The van der Waals surface area contributed by atoms with Crippen LogP contribution in [0, 0.1) is 10.1 Å². The molecule has 9 heteroatoms. The zero-order valence-electron chi connectivity index (χ0n) is 12.0. The Balaban J connectivity index is 1.81. The lowest BCUT2D eigenvalue weighted by Crippen LogP contribution is -2.12. The van der Waals surface area contributed by atoms with Gasteiger partial charge in [-0.1, -0.05) is 35.6 Å². The molecule has 0 bridgehead atoms. The zero-order chi connectivity index (χ0) is 17.1. The molecule has 0 saturated heterocycles. The summed E-state index contributed by atoms with van der Waals surface area (Å²) in [5.41, 5.74) is 1.02. The molecule has 0 unspecified atom stereocenters. The molecule has 0 atom stereocenters. The summed E-state index contributed by atoms with van der Waals surface area (Å²) < 4.78 is 0.672. The van der Waals surface area contributed by atoms with Crippen LogP contribution in [0.2, 0.25) is 0 Å². The van der Waals surface area contributed by atoms with E-state index in [-0.39, 0.29) is 11.6 Å². The highest BCUT2D eigenvalue weighted by atomic mass is 79.9. The number of amides is 1. The van der Waals surface area contributed by atoms with Gasteiger partial charge in [-0.05, 0) is 28.1 Å². The molecule has 0 aliphatic rings. The van der Waals surface area contributed by atoms with E-state index >= 15 is 0 Å². The topological polar surface area (TPSA) is 98.0 Å². The fourth-order valence-corrected chi connectivity index (χ4v) is 3.15. The van der Waals surface area contributed by atoms with E-state index < -0.39 is 4.92 Å². The van der Waals surface area contributed by atoms with Crippen molar-refractivity contribution in [3.8, 4) is 10.6 Å². The summed E-state index contributed by atoms with van der Waals surface area (Å²) in [6, 6.07) is 13.1. The van der Waals surface area contributed by atoms with E-state index in [1.807, 2.05) is 6.07 Å². The SMILES string of the molecule is O=C(Nc1nnc(-c2cccc([N+](=O)[O-])c2)s1)c1ccccc1Br. The summed E-state index contributed by atoms with van der Waals surface area (Å²) in [6.07, 6.45) is 0. The van der Waals surface area contributed by atoms with Crippen LogP contribution in [0.4, 0.5) is 10.8 Å². The van der Waals surface area contributed by atoms with Crippen molar-refractivity contribution < 1.29 is 9.72 Å². The van der Waals surface area contributed by atoms with Gasteiger partial charge in [0.25, 0.3) is 11.6 Å². The number of aromatic nitrogens is 2. The van der Waals surface area contributed by atoms with E-state index in [2.05, 4.69) is 31.4 Å². The highest BCUT2D eigenvalue weighted by Gasteiger charge is 2.14. The molecule has 3 aromatic rings. The Morgan fingerprint density at radius 1 is 1.17 bits per heavy atom. The van der Waals surface area contributed by atoms with Crippen molar-refractivity contribution in [3.63, 3.8) is 0 Å². The first-order chi connectivity index (χ1) is 11.5. The average molecular weight is 405 g/mol. The third kappa shape index (κ3) is 3.47. The van der Waals surface area contributed by atoms with Gasteiger partial charge in [0.15, 0.2) is 0 Å². The largest absolute Gasteiger partial charge is 0.296 e. The lowest BCUT2D eigenvalue weighted by atomic mass is 10.2. The Morgan fingerprint density at radius 2 is 1.96 bits per heavy atom. The molecule has 24 heavy (non-hydrogen) atoms. The summed E-state index contributed by atoms with van der Waals surface area (Å²) in [5, 5.41) is 22.2. The van der Waals surface area contributed by atoms with Crippen LogP contribution in [-0.4, -0.2) is 21.0 Å². The standard InChI is InChI=1S/C15H9BrN4O3S/c16-12-7-2-1-6-11(12)13(21)17-15-19-18-14(24-15)9-4-3-5-10(8-9)20(22)23/h1-8H,(H,17,19,21). The number of nitrogens with zero attached hydrogens (tertiary/aromatic N) is 3. The molecule has 0 aliphatic heterocycles. The summed E-state index contributed by atoms with van der Waals surface area (Å²) in [4.78, 5) is 22.6. The van der Waals surface area contributed by atoms with Crippen LogP contribution in [0.3, 0.4) is 0 Å². The van der Waals surface area contributed by atoms with Crippen LogP contribution >= 0.6 is 27.3 Å². The van der Waals surface area contributed by atoms with Crippen molar-refractivity contribution in [3.05, 3.63) is 68.7 Å². The van der Waals surface area contributed by atoms with Gasteiger partial charge in [-0.15, -0.1) is 10.2 Å². The van der Waals surface area contributed by atoms with Gasteiger partial charge in [0.1, 0.15) is 5.01 Å². The van der Waals surface area contributed by atoms with E-state index in [0.717, 1.165) is 11.3 Å². The molecule has 0 spiro atoms. The highest BCUT2D eigenvalue weighted by Crippen LogP contribution is 2.29. The fourth-order valence-electron chi connectivity index (χ4n) is 1.95. The summed E-state index contributed by atoms with van der Waals surface area (Å²) in [5.74, 6) is -0.316. The minimum Gasteiger partial charge on any atom is -0.296 e. The Hall–Kier alpha value is -2.65. The summed E-state index contributed by atoms with van der Waals surface area (Å²) in [7, 11) is 0. The van der Waals surface area contributed by atoms with Crippen molar-refractivity contribution in [1.29, 1.82) is 0 Å². The Kier molecular flexibility index (Phi) is 4.63. The van der Waals surface area contributed by atoms with E-state index in [1.54, 1.807) is 30.3 Å². The molecule has 0 aliphatic carbocycles. The van der Waals surface area contributed by atoms with Crippen LogP contribution in [0.1, 0.15) is 10.4 Å². The first kappa shape index (κ1) is 16.2. The molecule has 2 aromatic carbocycles. The number of carbonyl (C=O) groups is 1. The van der Waals surface area contributed by atoms with Crippen LogP contribution in [0.15, 0.2) is 53.0 Å². The second kappa shape index (κ2) is 6.85. The lowest BCUT2D eigenvalue weighted by Gasteiger charge is -2.02. The number of nitrogens with one attached hydrogen (secondary N) is 1. The molecule has 0 fully saturated rings. The summed E-state index contributed by atoms with van der Waals surface area (Å²) in [6.45, 7) is 0. The normalized spacial score (nSPS) is 10.4.